The van der Waals surface area contributed by atoms with E-state index in [1.807, 2.05) is 36.9 Å². The molecule has 2 rings (SSSR count). The van der Waals surface area contributed by atoms with Crippen molar-refractivity contribution in [2.45, 2.75) is 31.9 Å². The summed E-state index contributed by atoms with van der Waals surface area (Å²) in [5.41, 5.74) is 3.25. The second kappa shape index (κ2) is 8.29. The van der Waals surface area contributed by atoms with E-state index in [0.717, 1.165) is 37.5 Å². The summed E-state index contributed by atoms with van der Waals surface area (Å²) in [6.45, 7) is 6.55. The molecule has 0 bridgehead atoms. The van der Waals surface area contributed by atoms with Crippen LogP contribution in [0.4, 0.5) is 10.5 Å². The Morgan fingerprint density at radius 1 is 1.29 bits per heavy atom. The molecular formula is C16H24N2O2S. The molecule has 0 unspecified atom stereocenters. The highest BCUT2D eigenvalue weighted by Crippen LogP contribution is 2.21. The van der Waals surface area contributed by atoms with Crippen molar-refractivity contribution in [2.75, 3.05) is 30.8 Å². The van der Waals surface area contributed by atoms with Gasteiger partial charge in [0, 0.05) is 36.4 Å². The summed E-state index contributed by atoms with van der Waals surface area (Å²) in [4.78, 5) is 11.8. The van der Waals surface area contributed by atoms with Gasteiger partial charge < -0.3 is 15.4 Å². The van der Waals surface area contributed by atoms with Crippen molar-refractivity contribution in [3.63, 3.8) is 0 Å². The van der Waals surface area contributed by atoms with Crippen LogP contribution in [-0.4, -0.2) is 36.8 Å². The zero-order valence-electron chi connectivity index (χ0n) is 12.8. The van der Waals surface area contributed by atoms with Gasteiger partial charge in [-0.25, -0.2) is 4.79 Å². The molecule has 0 radical (unpaired) electrons. The lowest BCUT2D eigenvalue weighted by atomic mass is 10.1. The van der Waals surface area contributed by atoms with Crippen LogP contribution in [0.5, 0.6) is 0 Å². The largest absolute Gasteiger partial charge is 0.381 e. The van der Waals surface area contributed by atoms with Crippen LogP contribution in [0.3, 0.4) is 0 Å². The van der Waals surface area contributed by atoms with E-state index in [0.29, 0.717) is 11.8 Å². The van der Waals surface area contributed by atoms with Gasteiger partial charge in [0.15, 0.2) is 0 Å². The number of carbonyl (C=O) groups excluding carboxylic acids is 1. The molecule has 1 aromatic rings. The van der Waals surface area contributed by atoms with E-state index in [1.54, 1.807) is 0 Å². The molecule has 0 saturated carbocycles. The van der Waals surface area contributed by atoms with Gasteiger partial charge in [-0.2, -0.15) is 11.8 Å². The standard InChI is InChI=1S/C16H24N2O2S/c1-12-3-4-14(11-13(12)2)18-16(19)17-7-10-21-15-5-8-20-9-6-15/h3-4,11,15H,5-10H2,1-2H3,(H2,17,18,19). The lowest BCUT2D eigenvalue weighted by molar-refractivity contribution is 0.100. The summed E-state index contributed by atoms with van der Waals surface area (Å²) < 4.78 is 5.34. The van der Waals surface area contributed by atoms with Gasteiger partial charge >= 0.3 is 6.03 Å². The number of thioether (sulfide) groups is 1. The average molecular weight is 308 g/mol. The SMILES string of the molecule is Cc1ccc(NC(=O)NCCSC2CCOCC2)cc1C. The van der Waals surface area contributed by atoms with E-state index in [2.05, 4.69) is 17.6 Å². The highest BCUT2D eigenvalue weighted by molar-refractivity contribution is 7.99. The normalized spacial score (nSPS) is 15.7. The first-order valence-corrected chi connectivity index (χ1v) is 8.51. The van der Waals surface area contributed by atoms with Crippen LogP contribution in [0.2, 0.25) is 0 Å². The molecule has 4 nitrogen and oxygen atoms in total. The number of urea groups is 1. The number of ether oxygens (including phenoxy) is 1. The summed E-state index contributed by atoms with van der Waals surface area (Å²) in [7, 11) is 0. The molecule has 0 aliphatic carbocycles. The lowest BCUT2D eigenvalue weighted by Gasteiger charge is -2.21. The van der Waals surface area contributed by atoms with Gasteiger partial charge in [0.1, 0.15) is 0 Å². The molecule has 2 amide bonds. The van der Waals surface area contributed by atoms with Crippen molar-refractivity contribution in [3.8, 4) is 0 Å². The number of hydrogen-bond acceptors (Lipinski definition) is 3. The zero-order valence-corrected chi connectivity index (χ0v) is 13.6. The number of carbonyl (C=O) groups is 1. The van der Waals surface area contributed by atoms with Crippen molar-refractivity contribution < 1.29 is 9.53 Å². The smallest absolute Gasteiger partial charge is 0.319 e. The maximum Gasteiger partial charge on any atom is 0.319 e. The van der Waals surface area contributed by atoms with Crippen molar-refractivity contribution in [2.24, 2.45) is 0 Å². The third-order valence-corrected chi connectivity index (χ3v) is 5.06. The molecule has 116 valence electrons. The first-order chi connectivity index (χ1) is 10.1. The average Bonchev–Trinajstić information content (AvgIpc) is 2.49. The Balaban J connectivity index is 1.63. The first-order valence-electron chi connectivity index (χ1n) is 7.46. The van der Waals surface area contributed by atoms with Gasteiger partial charge in [0.2, 0.25) is 0 Å². The number of rotatable bonds is 5. The number of hydrogen-bond donors (Lipinski definition) is 2. The van der Waals surface area contributed by atoms with E-state index in [9.17, 15) is 4.79 Å². The van der Waals surface area contributed by atoms with Crippen LogP contribution in [0, 0.1) is 13.8 Å². The Bertz CT molecular complexity index is 473. The van der Waals surface area contributed by atoms with Gasteiger partial charge in [-0.15, -0.1) is 0 Å². The van der Waals surface area contributed by atoms with Crippen LogP contribution < -0.4 is 10.6 Å². The summed E-state index contributed by atoms with van der Waals surface area (Å²) in [5, 5.41) is 6.46. The second-order valence-corrected chi connectivity index (χ2v) is 6.77. The van der Waals surface area contributed by atoms with E-state index in [1.165, 1.54) is 11.1 Å². The van der Waals surface area contributed by atoms with E-state index >= 15 is 0 Å². The van der Waals surface area contributed by atoms with E-state index in [4.69, 9.17) is 4.74 Å². The lowest BCUT2D eigenvalue weighted by Crippen LogP contribution is -2.31. The molecule has 1 aliphatic heterocycles. The molecule has 0 spiro atoms. The Labute approximate surface area is 131 Å². The highest BCUT2D eigenvalue weighted by atomic mass is 32.2. The quantitative estimate of drug-likeness (QED) is 0.820. The number of amides is 2. The molecule has 1 aliphatic rings. The van der Waals surface area contributed by atoms with Crippen LogP contribution in [0.25, 0.3) is 0 Å². The summed E-state index contributed by atoms with van der Waals surface area (Å²) in [5.74, 6) is 0.949. The fourth-order valence-electron chi connectivity index (χ4n) is 2.23. The van der Waals surface area contributed by atoms with Crippen molar-refractivity contribution in [1.29, 1.82) is 0 Å². The third-order valence-electron chi connectivity index (χ3n) is 3.67. The first kappa shape index (κ1) is 16.2. The summed E-state index contributed by atoms with van der Waals surface area (Å²) >= 11 is 1.93. The number of benzene rings is 1. The molecule has 1 heterocycles. The Hall–Kier alpha value is -1.20. The number of aryl methyl sites for hydroxylation is 2. The van der Waals surface area contributed by atoms with Crippen molar-refractivity contribution in [1.82, 2.24) is 5.32 Å². The van der Waals surface area contributed by atoms with Crippen molar-refractivity contribution in [3.05, 3.63) is 29.3 Å². The summed E-state index contributed by atoms with van der Waals surface area (Å²) in [6, 6.07) is 5.81. The summed E-state index contributed by atoms with van der Waals surface area (Å²) in [6.07, 6.45) is 2.25. The van der Waals surface area contributed by atoms with Gasteiger partial charge in [-0.3, -0.25) is 0 Å². The molecule has 0 aromatic heterocycles. The molecular weight excluding hydrogens is 284 g/mol. The number of nitrogens with one attached hydrogen (secondary N) is 2. The van der Waals surface area contributed by atoms with Gasteiger partial charge in [-0.05, 0) is 49.9 Å². The third kappa shape index (κ3) is 5.59. The van der Waals surface area contributed by atoms with Crippen LogP contribution >= 0.6 is 11.8 Å². The minimum atomic E-state index is -0.133. The Morgan fingerprint density at radius 3 is 2.76 bits per heavy atom. The topological polar surface area (TPSA) is 50.4 Å². The molecule has 5 heteroatoms. The predicted octanol–water partition coefficient (Wildman–Crippen LogP) is 3.34. The molecule has 1 aromatic carbocycles. The minimum Gasteiger partial charge on any atom is -0.381 e. The van der Waals surface area contributed by atoms with E-state index in [-0.39, 0.29) is 6.03 Å². The molecule has 21 heavy (non-hydrogen) atoms. The minimum absolute atomic E-state index is 0.133. The highest BCUT2D eigenvalue weighted by Gasteiger charge is 2.13. The van der Waals surface area contributed by atoms with Crippen LogP contribution in [0.15, 0.2) is 18.2 Å². The fourth-order valence-corrected chi connectivity index (χ4v) is 3.31. The zero-order chi connectivity index (χ0) is 15.1. The monoisotopic (exact) mass is 308 g/mol. The Morgan fingerprint density at radius 2 is 2.05 bits per heavy atom. The van der Waals surface area contributed by atoms with E-state index < -0.39 is 0 Å². The second-order valence-electron chi connectivity index (χ2n) is 5.36. The van der Waals surface area contributed by atoms with Gasteiger partial charge in [0.05, 0.1) is 0 Å². The fraction of sp³-hybridized carbons (Fsp3) is 0.562. The predicted molar refractivity (Wildman–Crippen MR) is 89.2 cm³/mol. The van der Waals surface area contributed by atoms with Gasteiger partial charge in [-0.1, -0.05) is 6.07 Å². The molecule has 2 N–H and O–H groups in total. The molecule has 1 fully saturated rings. The van der Waals surface area contributed by atoms with Crippen molar-refractivity contribution >= 4 is 23.5 Å². The molecule has 1 saturated heterocycles. The number of anilines is 1. The van der Waals surface area contributed by atoms with Gasteiger partial charge in [0.25, 0.3) is 0 Å². The van der Waals surface area contributed by atoms with Crippen LogP contribution in [0.1, 0.15) is 24.0 Å². The Kier molecular flexibility index (Phi) is 6.39. The maximum absolute atomic E-state index is 11.8. The maximum atomic E-state index is 11.8. The van der Waals surface area contributed by atoms with Crippen LogP contribution in [-0.2, 0) is 4.74 Å². The molecule has 0 atom stereocenters.